The Hall–Kier alpha value is -3.54. The maximum absolute atomic E-state index is 12.4. The Kier molecular flexibility index (Phi) is 6.57. The number of nitrogens with zero attached hydrogens (tertiary/aromatic N) is 1. The number of carbonyl (C=O) groups is 3. The monoisotopic (exact) mass is 411 g/mol. The van der Waals surface area contributed by atoms with Gasteiger partial charge in [-0.2, -0.15) is 5.26 Å². The molecule has 2 aromatic rings. The number of amides is 3. The molecule has 3 atom stereocenters. The van der Waals surface area contributed by atoms with Crippen molar-refractivity contribution in [2.75, 3.05) is 20.2 Å². The van der Waals surface area contributed by atoms with Gasteiger partial charge in [0.2, 0.25) is 11.8 Å². The Morgan fingerprint density at radius 1 is 1.40 bits per heavy atom. The van der Waals surface area contributed by atoms with Crippen molar-refractivity contribution in [2.45, 2.75) is 25.8 Å². The minimum absolute atomic E-state index is 0.0538. The molecular formula is C21H25N5O4. The number of benzene rings is 1. The summed E-state index contributed by atoms with van der Waals surface area (Å²) in [5, 5.41) is 18.1. The molecule has 9 nitrogen and oxygen atoms in total. The van der Waals surface area contributed by atoms with Crippen LogP contribution < -0.4 is 20.7 Å². The van der Waals surface area contributed by atoms with E-state index in [1.54, 1.807) is 26.2 Å². The molecule has 2 heterocycles. The molecule has 1 aliphatic heterocycles. The third kappa shape index (κ3) is 4.71. The van der Waals surface area contributed by atoms with Gasteiger partial charge in [-0.3, -0.25) is 14.4 Å². The van der Waals surface area contributed by atoms with Gasteiger partial charge in [-0.25, -0.2) is 0 Å². The molecule has 0 aliphatic carbocycles. The fraction of sp³-hybridized carbons (Fsp3) is 0.429. The first kappa shape index (κ1) is 21.2. The summed E-state index contributed by atoms with van der Waals surface area (Å²) in [6.07, 6.45) is 1.08. The number of ether oxygens (including phenoxy) is 1. The van der Waals surface area contributed by atoms with Crippen LogP contribution in [0.25, 0.3) is 10.9 Å². The molecule has 1 aliphatic rings. The topological polar surface area (TPSA) is 136 Å². The molecule has 1 aromatic carbocycles. The van der Waals surface area contributed by atoms with Gasteiger partial charge in [-0.1, -0.05) is 6.07 Å². The zero-order valence-electron chi connectivity index (χ0n) is 17.0. The van der Waals surface area contributed by atoms with Crippen molar-refractivity contribution in [2.24, 2.45) is 11.8 Å². The second kappa shape index (κ2) is 9.31. The third-order valence-corrected chi connectivity index (χ3v) is 5.35. The Balaban J connectivity index is 1.59. The number of nitriles is 1. The number of rotatable bonds is 8. The number of carbonyl (C=O) groups excluding carboxylic acids is 3. The van der Waals surface area contributed by atoms with E-state index in [2.05, 4.69) is 27.0 Å². The molecule has 1 fully saturated rings. The summed E-state index contributed by atoms with van der Waals surface area (Å²) in [6, 6.07) is 8.76. The van der Waals surface area contributed by atoms with Gasteiger partial charge in [0.25, 0.3) is 5.91 Å². The van der Waals surface area contributed by atoms with Crippen LogP contribution in [-0.4, -0.2) is 48.9 Å². The van der Waals surface area contributed by atoms with Crippen LogP contribution in [-0.2, 0) is 9.59 Å². The van der Waals surface area contributed by atoms with Crippen molar-refractivity contribution in [3.8, 4) is 11.8 Å². The predicted octanol–water partition coefficient (Wildman–Crippen LogP) is 1.08. The number of nitrogens with one attached hydrogen (secondary N) is 4. The normalized spacial score (nSPS) is 17.6. The van der Waals surface area contributed by atoms with Gasteiger partial charge in [0, 0.05) is 29.4 Å². The fourth-order valence-electron chi connectivity index (χ4n) is 3.60. The van der Waals surface area contributed by atoms with Crippen molar-refractivity contribution in [1.82, 2.24) is 20.9 Å². The van der Waals surface area contributed by atoms with Gasteiger partial charge in [0.1, 0.15) is 11.4 Å². The van der Waals surface area contributed by atoms with Crippen molar-refractivity contribution in [3.63, 3.8) is 0 Å². The van der Waals surface area contributed by atoms with Crippen LogP contribution in [0.15, 0.2) is 24.3 Å². The van der Waals surface area contributed by atoms with Crippen LogP contribution in [0.3, 0.4) is 0 Å². The molecule has 3 amide bonds. The molecule has 1 unspecified atom stereocenters. The molecule has 0 radical (unpaired) electrons. The van der Waals surface area contributed by atoms with E-state index < -0.39 is 23.8 Å². The van der Waals surface area contributed by atoms with Crippen LogP contribution in [0.5, 0.6) is 5.75 Å². The van der Waals surface area contributed by atoms with Crippen LogP contribution in [0.2, 0.25) is 0 Å². The van der Waals surface area contributed by atoms with Crippen LogP contribution in [0, 0.1) is 23.2 Å². The Bertz CT molecular complexity index is 993. The third-order valence-electron chi connectivity index (χ3n) is 5.35. The molecule has 4 N–H and O–H groups in total. The average molecular weight is 411 g/mol. The fourth-order valence-corrected chi connectivity index (χ4v) is 3.60. The average Bonchev–Trinajstić information content (AvgIpc) is 3.36. The lowest BCUT2D eigenvalue weighted by molar-refractivity contribution is -0.124. The first-order chi connectivity index (χ1) is 14.4. The van der Waals surface area contributed by atoms with E-state index in [4.69, 9.17) is 4.74 Å². The lowest BCUT2D eigenvalue weighted by Crippen LogP contribution is -2.45. The van der Waals surface area contributed by atoms with Gasteiger partial charge in [-0.15, -0.1) is 0 Å². The molecule has 30 heavy (non-hydrogen) atoms. The van der Waals surface area contributed by atoms with Gasteiger partial charge in [0.15, 0.2) is 0 Å². The lowest BCUT2D eigenvalue weighted by Gasteiger charge is -2.23. The summed E-state index contributed by atoms with van der Waals surface area (Å²) in [6.45, 7) is 2.07. The maximum atomic E-state index is 12.4. The second-order valence-corrected chi connectivity index (χ2v) is 7.39. The first-order valence-electron chi connectivity index (χ1n) is 9.83. The van der Waals surface area contributed by atoms with E-state index in [0.29, 0.717) is 30.8 Å². The highest BCUT2D eigenvalue weighted by atomic mass is 16.5. The zero-order chi connectivity index (χ0) is 21.7. The maximum Gasteiger partial charge on any atom is 0.268 e. The van der Waals surface area contributed by atoms with E-state index in [1.165, 1.54) is 0 Å². The largest absolute Gasteiger partial charge is 0.496 e. The van der Waals surface area contributed by atoms with E-state index in [-0.39, 0.29) is 18.4 Å². The number of hydrogen-bond donors (Lipinski definition) is 4. The van der Waals surface area contributed by atoms with Crippen LogP contribution >= 0.6 is 0 Å². The summed E-state index contributed by atoms with van der Waals surface area (Å²) in [5.41, 5.74) is 1.06. The number of methoxy groups -OCH3 is 1. The van der Waals surface area contributed by atoms with Gasteiger partial charge < -0.3 is 25.7 Å². The van der Waals surface area contributed by atoms with E-state index >= 15 is 0 Å². The molecule has 0 spiro atoms. The number of aromatic amines is 1. The predicted molar refractivity (Wildman–Crippen MR) is 110 cm³/mol. The summed E-state index contributed by atoms with van der Waals surface area (Å²) in [4.78, 5) is 39.6. The van der Waals surface area contributed by atoms with Gasteiger partial charge in [-0.05, 0) is 38.0 Å². The number of hydrogen-bond acceptors (Lipinski definition) is 5. The lowest BCUT2D eigenvalue weighted by atomic mass is 9.91. The van der Waals surface area contributed by atoms with E-state index in [9.17, 15) is 19.6 Å². The molecule has 1 aromatic heterocycles. The smallest absolute Gasteiger partial charge is 0.268 e. The van der Waals surface area contributed by atoms with Gasteiger partial charge in [0.05, 0.1) is 25.6 Å². The molecule has 3 rings (SSSR count). The first-order valence-corrected chi connectivity index (χ1v) is 9.83. The van der Waals surface area contributed by atoms with Crippen LogP contribution in [0.4, 0.5) is 0 Å². The molecular weight excluding hydrogens is 386 g/mol. The minimum atomic E-state index is -0.467. The van der Waals surface area contributed by atoms with Crippen molar-refractivity contribution in [3.05, 3.63) is 30.0 Å². The number of aromatic nitrogens is 1. The second-order valence-electron chi connectivity index (χ2n) is 7.39. The number of fused-ring (bicyclic) bond motifs is 1. The van der Waals surface area contributed by atoms with E-state index in [1.807, 2.05) is 12.1 Å². The molecule has 9 heteroatoms. The summed E-state index contributed by atoms with van der Waals surface area (Å²) in [5.74, 6) is -0.931. The highest BCUT2D eigenvalue weighted by Gasteiger charge is 2.30. The quantitative estimate of drug-likeness (QED) is 0.515. The van der Waals surface area contributed by atoms with Crippen LogP contribution in [0.1, 0.15) is 30.3 Å². The Morgan fingerprint density at radius 2 is 2.20 bits per heavy atom. The Labute approximate surface area is 174 Å². The molecule has 1 saturated heterocycles. The summed E-state index contributed by atoms with van der Waals surface area (Å²) < 4.78 is 5.29. The standard InChI is InChI=1S/C21H25N5O4/c1-12(10-22)16(8-13-6-7-23-20(13)28)26-19(27)11-24-21(29)17-9-14-15(25-17)4-3-5-18(14)30-2/h3-5,9,12-13,16,25H,6-8,11H2,1-2H3,(H,23,28)(H,24,29)(H,26,27)/t12?,13-,16-/m0/s1. The SMILES string of the molecule is COc1cccc2[nH]c(C(=O)NCC(=O)N[C@@H](C[C@@H]3CCNC3=O)C(C)C#N)cc12. The highest BCUT2D eigenvalue weighted by molar-refractivity contribution is 6.00. The zero-order valence-corrected chi connectivity index (χ0v) is 17.0. The van der Waals surface area contributed by atoms with Gasteiger partial charge >= 0.3 is 0 Å². The summed E-state index contributed by atoms with van der Waals surface area (Å²) in [7, 11) is 1.56. The highest BCUT2D eigenvalue weighted by Crippen LogP contribution is 2.26. The molecule has 0 saturated carbocycles. The Morgan fingerprint density at radius 3 is 2.87 bits per heavy atom. The molecule has 0 bridgehead atoms. The van der Waals surface area contributed by atoms with Crippen molar-refractivity contribution in [1.29, 1.82) is 5.26 Å². The number of H-pyrrole nitrogens is 1. The van der Waals surface area contributed by atoms with E-state index in [0.717, 1.165) is 10.9 Å². The molecule has 158 valence electrons. The minimum Gasteiger partial charge on any atom is -0.496 e. The summed E-state index contributed by atoms with van der Waals surface area (Å²) >= 11 is 0. The van der Waals surface area contributed by atoms with Crippen molar-refractivity contribution < 1.29 is 19.1 Å². The van der Waals surface area contributed by atoms with Crippen molar-refractivity contribution >= 4 is 28.6 Å².